The number of benzene rings is 1. The maximum Gasteiger partial charge on any atom is 0.254 e. The number of nitrogens with zero attached hydrogens (tertiary/aromatic N) is 2. The SMILES string of the molecule is O=C(CN1CCN(C(=O)c2cccc(OCC3CCCO3)c2)CC1)NC1CC1. The summed E-state index contributed by atoms with van der Waals surface area (Å²) in [5.41, 5.74) is 0.643. The van der Waals surface area contributed by atoms with Crippen LogP contribution >= 0.6 is 0 Å². The monoisotopic (exact) mass is 387 g/mol. The van der Waals surface area contributed by atoms with E-state index in [2.05, 4.69) is 10.2 Å². The molecule has 1 atom stereocenters. The number of nitrogens with one attached hydrogen (secondary N) is 1. The molecule has 2 amide bonds. The molecule has 0 aromatic heterocycles. The van der Waals surface area contributed by atoms with Crippen molar-refractivity contribution in [2.75, 3.05) is 45.9 Å². The summed E-state index contributed by atoms with van der Waals surface area (Å²) in [7, 11) is 0. The van der Waals surface area contributed by atoms with Crippen LogP contribution in [0.2, 0.25) is 0 Å². The van der Waals surface area contributed by atoms with Crippen molar-refractivity contribution in [2.24, 2.45) is 0 Å². The fourth-order valence-electron chi connectivity index (χ4n) is 3.68. The fourth-order valence-corrected chi connectivity index (χ4v) is 3.68. The topological polar surface area (TPSA) is 71.1 Å². The Bertz CT molecular complexity index is 693. The minimum atomic E-state index is 0.0182. The number of amides is 2. The lowest BCUT2D eigenvalue weighted by molar-refractivity contribution is -0.122. The van der Waals surface area contributed by atoms with E-state index in [9.17, 15) is 9.59 Å². The van der Waals surface area contributed by atoms with Crippen molar-refractivity contribution >= 4 is 11.8 Å². The van der Waals surface area contributed by atoms with Crippen molar-refractivity contribution in [3.8, 4) is 5.75 Å². The Labute approximate surface area is 166 Å². The van der Waals surface area contributed by atoms with Gasteiger partial charge in [-0.1, -0.05) is 6.07 Å². The van der Waals surface area contributed by atoms with Gasteiger partial charge in [0.15, 0.2) is 0 Å². The summed E-state index contributed by atoms with van der Waals surface area (Å²) in [5.74, 6) is 0.819. The molecule has 3 aliphatic rings. The van der Waals surface area contributed by atoms with E-state index in [-0.39, 0.29) is 17.9 Å². The summed E-state index contributed by atoms with van der Waals surface area (Å²) in [4.78, 5) is 28.7. The van der Waals surface area contributed by atoms with Crippen LogP contribution in [0.1, 0.15) is 36.0 Å². The zero-order valence-corrected chi connectivity index (χ0v) is 16.3. The molecule has 0 spiro atoms. The third-order valence-electron chi connectivity index (χ3n) is 5.51. The normalized spacial score (nSPS) is 22.9. The first-order valence-corrected chi connectivity index (χ1v) is 10.3. The van der Waals surface area contributed by atoms with Gasteiger partial charge >= 0.3 is 0 Å². The van der Waals surface area contributed by atoms with Gasteiger partial charge in [-0.2, -0.15) is 0 Å². The highest BCUT2D eigenvalue weighted by Gasteiger charge is 2.26. The molecule has 7 nitrogen and oxygen atoms in total. The summed E-state index contributed by atoms with van der Waals surface area (Å²) >= 11 is 0. The predicted octanol–water partition coefficient (Wildman–Crippen LogP) is 1.28. The summed E-state index contributed by atoms with van der Waals surface area (Å²) in [6, 6.07) is 7.77. The molecular formula is C21H29N3O4. The molecule has 1 saturated carbocycles. The van der Waals surface area contributed by atoms with Gasteiger partial charge in [-0.25, -0.2) is 0 Å². The van der Waals surface area contributed by atoms with Crippen molar-refractivity contribution in [2.45, 2.75) is 37.8 Å². The number of carbonyl (C=O) groups is 2. The van der Waals surface area contributed by atoms with Crippen molar-refractivity contribution in [1.82, 2.24) is 15.1 Å². The van der Waals surface area contributed by atoms with E-state index < -0.39 is 0 Å². The van der Waals surface area contributed by atoms with Crippen LogP contribution in [0.4, 0.5) is 0 Å². The highest BCUT2D eigenvalue weighted by atomic mass is 16.5. The van der Waals surface area contributed by atoms with Crippen LogP contribution in [0.15, 0.2) is 24.3 Å². The van der Waals surface area contributed by atoms with Gasteiger partial charge in [0.05, 0.1) is 12.6 Å². The first-order valence-electron chi connectivity index (χ1n) is 10.3. The summed E-state index contributed by atoms with van der Waals surface area (Å²) in [6.45, 7) is 4.47. The van der Waals surface area contributed by atoms with Crippen molar-refractivity contribution in [3.05, 3.63) is 29.8 Å². The van der Waals surface area contributed by atoms with E-state index in [0.717, 1.165) is 45.4 Å². The molecule has 0 bridgehead atoms. The molecule has 3 fully saturated rings. The number of rotatable bonds is 7. The third kappa shape index (κ3) is 5.23. The Morgan fingerprint density at radius 1 is 1.14 bits per heavy atom. The molecule has 2 saturated heterocycles. The maximum absolute atomic E-state index is 12.8. The third-order valence-corrected chi connectivity index (χ3v) is 5.51. The first-order chi connectivity index (χ1) is 13.7. The van der Waals surface area contributed by atoms with E-state index in [1.165, 1.54) is 0 Å². The molecule has 1 aromatic rings. The van der Waals surface area contributed by atoms with Gasteiger partial charge in [0.1, 0.15) is 12.4 Å². The molecule has 1 N–H and O–H groups in total. The summed E-state index contributed by atoms with van der Waals surface area (Å²) in [5, 5.41) is 3.02. The predicted molar refractivity (Wildman–Crippen MR) is 104 cm³/mol. The molecule has 1 aliphatic carbocycles. The van der Waals surface area contributed by atoms with E-state index in [0.29, 0.717) is 43.6 Å². The standard InChI is InChI=1S/C21H29N3O4/c25-20(22-17-6-7-17)14-23-8-10-24(11-9-23)21(26)16-3-1-4-18(13-16)28-15-19-5-2-12-27-19/h1,3-4,13,17,19H,2,5-12,14-15H2,(H,22,25). The summed E-state index contributed by atoms with van der Waals surface area (Å²) in [6.07, 6.45) is 4.47. The van der Waals surface area contributed by atoms with Crippen molar-refractivity contribution < 1.29 is 19.1 Å². The minimum Gasteiger partial charge on any atom is -0.491 e. The van der Waals surface area contributed by atoms with Crippen LogP contribution in [0.5, 0.6) is 5.75 Å². The molecule has 152 valence electrons. The number of hydrogen-bond donors (Lipinski definition) is 1. The molecule has 1 aromatic carbocycles. The van der Waals surface area contributed by atoms with Crippen LogP contribution < -0.4 is 10.1 Å². The number of carbonyl (C=O) groups excluding carboxylic acids is 2. The molecule has 28 heavy (non-hydrogen) atoms. The van der Waals surface area contributed by atoms with Crippen LogP contribution in [0.3, 0.4) is 0 Å². The maximum atomic E-state index is 12.8. The quantitative estimate of drug-likeness (QED) is 0.763. The zero-order valence-electron chi connectivity index (χ0n) is 16.3. The Morgan fingerprint density at radius 3 is 2.68 bits per heavy atom. The largest absolute Gasteiger partial charge is 0.491 e. The minimum absolute atomic E-state index is 0.0182. The van der Waals surface area contributed by atoms with Crippen LogP contribution in [-0.4, -0.2) is 79.7 Å². The van der Waals surface area contributed by atoms with E-state index in [1.807, 2.05) is 29.2 Å². The lowest BCUT2D eigenvalue weighted by Gasteiger charge is -2.34. The average Bonchev–Trinajstić information content (AvgIpc) is 3.36. The second kappa shape index (κ2) is 8.92. The van der Waals surface area contributed by atoms with Crippen molar-refractivity contribution in [1.29, 1.82) is 0 Å². The van der Waals surface area contributed by atoms with Gasteiger partial charge in [0.25, 0.3) is 5.91 Å². The van der Waals surface area contributed by atoms with Gasteiger partial charge in [-0.15, -0.1) is 0 Å². The fraction of sp³-hybridized carbons (Fsp3) is 0.619. The molecule has 2 heterocycles. The lowest BCUT2D eigenvalue weighted by Crippen LogP contribution is -2.51. The Balaban J connectivity index is 1.25. The van der Waals surface area contributed by atoms with E-state index in [4.69, 9.17) is 9.47 Å². The van der Waals surface area contributed by atoms with Gasteiger partial charge in [-0.05, 0) is 43.9 Å². The zero-order chi connectivity index (χ0) is 19.3. The molecule has 0 radical (unpaired) electrons. The Hall–Kier alpha value is -2.12. The number of ether oxygens (including phenoxy) is 2. The van der Waals surface area contributed by atoms with Crippen LogP contribution in [0, 0.1) is 0 Å². The Morgan fingerprint density at radius 2 is 1.96 bits per heavy atom. The number of piperazine rings is 1. The summed E-state index contributed by atoms with van der Waals surface area (Å²) < 4.78 is 11.4. The van der Waals surface area contributed by atoms with Crippen molar-refractivity contribution in [3.63, 3.8) is 0 Å². The molecule has 1 unspecified atom stereocenters. The highest BCUT2D eigenvalue weighted by molar-refractivity contribution is 5.94. The number of hydrogen-bond acceptors (Lipinski definition) is 5. The van der Waals surface area contributed by atoms with Gasteiger partial charge in [0.2, 0.25) is 5.91 Å². The van der Waals surface area contributed by atoms with Crippen LogP contribution in [0.25, 0.3) is 0 Å². The molecule has 2 aliphatic heterocycles. The van der Waals surface area contributed by atoms with E-state index in [1.54, 1.807) is 0 Å². The van der Waals surface area contributed by atoms with Gasteiger partial charge in [-0.3, -0.25) is 14.5 Å². The molecular weight excluding hydrogens is 358 g/mol. The van der Waals surface area contributed by atoms with Gasteiger partial charge in [0, 0.05) is 44.4 Å². The smallest absolute Gasteiger partial charge is 0.254 e. The van der Waals surface area contributed by atoms with Crippen LogP contribution in [-0.2, 0) is 9.53 Å². The van der Waals surface area contributed by atoms with E-state index >= 15 is 0 Å². The van der Waals surface area contributed by atoms with Gasteiger partial charge < -0.3 is 19.7 Å². The second-order valence-electron chi connectivity index (χ2n) is 7.88. The first kappa shape index (κ1) is 19.2. The molecule has 4 rings (SSSR count). The average molecular weight is 387 g/mol. The second-order valence-corrected chi connectivity index (χ2v) is 7.88. The Kier molecular flexibility index (Phi) is 6.12. The molecule has 7 heteroatoms. The lowest BCUT2D eigenvalue weighted by atomic mass is 10.1. The highest BCUT2D eigenvalue weighted by Crippen LogP contribution is 2.20.